The minimum absolute atomic E-state index is 0.0179. The largest absolute Gasteiger partial charge is 0.444 e. The van der Waals surface area contributed by atoms with Crippen molar-refractivity contribution >= 4 is 28.8 Å². The van der Waals surface area contributed by atoms with Crippen LogP contribution in [0.25, 0.3) is 22.2 Å². The molecule has 0 spiro atoms. The third-order valence-corrected chi connectivity index (χ3v) is 7.07. The van der Waals surface area contributed by atoms with Crippen LogP contribution < -0.4 is 5.32 Å². The van der Waals surface area contributed by atoms with Crippen molar-refractivity contribution < 1.29 is 14.3 Å². The molecule has 0 bridgehead atoms. The zero-order valence-corrected chi connectivity index (χ0v) is 24.4. The summed E-state index contributed by atoms with van der Waals surface area (Å²) in [6.45, 7) is 12.2. The van der Waals surface area contributed by atoms with Crippen molar-refractivity contribution in [2.45, 2.75) is 71.6 Å². The van der Waals surface area contributed by atoms with Crippen LogP contribution in [0.15, 0.2) is 49.1 Å². The summed E-state index contributed by atoms with van der Waals surface area (Å²) >= 11 is 0. The van der Waals surface area contributed by atoms with Gasteiger partial charge in [-0.05, 0) is 69.4 Å². The number of fused-ring (bicyclic) bond motifs is 1. The van der Waals surface area contributed by atoms with Gasteiger partial charge in [-0.1, -0.05) is 13.8 Å². The summed E-state index contributed by atoms with van der Waals surface area (Å²) in [6, 6.07) is 7.90. The van der Waals surface area contributed by atoms with E-state index < -0.39 is 5.60 Å². The zero-order valence-electron chi connectivity index (χ0n) is 24.4. The van der Waals surface area contributed by atoms with E-state index in [1.807, 2.05) is 74.5 Å². The normalized spacial score (nSPS) is 14.0. The van der Waals surface area contributed by atoms with Gasteiger partial charge in [-0.25, -0.2) is 9.78 Å². The molecular weight excluding hydrogens is 520 g/mol. The van der Waals surface area contributed by atoms with Crippen LogP contribution in [0.3, 0.4) is 0 Å². The van der Waals surface area contributed by atoms with Crippen LogP contribution >= 0.6 is 0 Å². The molecule has 0 radical (unpaired) electrons. The standard InChI is InChI=1S/C30H38N8O3/c1-6-20(7-2)22-13-28(36-32-15-22)35-27-9-8-25-26(34-27)12-21(14-31-25)23-16-33-38(17-23)10-11-40-24-18-37(19-24)29(39)41-30(3,4)5/h8-9,12-17,20,24H,6-7,10-11,18-19H2,1-5H3,(H,34,35,36). The van der Waals surface area contributed by atoms with Gasteiger partial charge >= 0.3 is 6.09 Å². The number of aromatic nitrogens is 6. The minimum atomic E-state index is -0.495. The molecule has 1 fully saturated rings. The fourth-order valence-electron chi connectivity index (χ4n) is 4.76. The molecule has 1 aliphatic heterocycles. The van der Waals surface area contributed by atoms with Crippen LogP contribution in [0.2, 0.25) is 0 Å². The molecule has 216 valence electrons. The summed E-state index contributed by atoms with van der Waals surface area (Å²) in [5, 5.41) is 16.2. The Kier molecular flexibility index (Phi) is 8.44. The van der Waals surface area contributed by atoms with Gasteiger partial charge in [-0.3, -0.25) is 9.67 Å². The first-order chi connectivity index (χ1) is 19.7. The first-order valence-electron chi connectivity index (χ1n) is 14.2. The molecule has 5 rings (SSSR count). The number of amides is 1. The molecule has 4 aromatic rings. The van der Waals surface area contributed by atoms with E-state index in [9.17, 15) is 4.79 Å². The van der Waals surface area contributed by atoms with Crippen LogP contribution in [0, 0.1) is 0 Å². The number of anilines is 2. The van der Waals surface area contributed by atoms with E-state index >= 15 is 0 Å². The van der Waals surface area contributed by atoms with Gasteiger partial charge in [0.25, 0.3) is 0 Å². The zero-order chi connectivity index (χ0) is 29.0. The lowest BCUT2D eigenvalue weighted by molar-refractivity contribution is -0.0650. The van der Waals surface area contributed by atoms with Crippen LogP contribution in [-0.2, 0) is 16.0 Å². The Hall–Kier alpha value is -4.12. The maximum atomic E-state index is 12.1. The molecule has 1 N–H and O–H groups in total. The van der Waals surface area contributed by atoms with Gasteiger partial charge in [0, 0.05) is 23.5 Å². The third-order valence-electron chi connectivity index (χ3n) is 7.07. The van der Waals surface area contributed by atoms with Gasteiger partial charge in [0.05, 0.1) is 55.8 Å². The third kappa shape index (κ3) is 7.15. The number of rotatable bonds is 10. The average Bonchev–Trinajstić information content (AvgIpc) is 3.38. The Labute approximate surface area is 240 Å². The van der Waals surface area contributed by atoms with E-state index in [2.05, 4.69) is 39.4 Å². The highest BCUT2D eigenvalue weighted by Gasteiger charge is 2.34. The van der Waals surface area contributed by atoms with Gasteiger partial charge in [-0.2, -0.15) is 10.2 Å². The molecule has 0 unspecified atom stereocenters. The summed E-state index contributed by atoms with van der Waals surface area (Å²) in [7, 11) is 0. The van der Waals surface area contributed by atoms with Crippen LogP contribution in [0.1, 0.15) is 58.9 Å². The van der Waals surface area contributed by atoms with Crippen LogP contribution in [0.4, 0.5) is 16.4 Å². The first kappa shape index (κ1) is 28.4. The Morgan fingerprint density at radius 3 is 2.61 bits per heavy atom. The van der Waals surface area contributed by atoms with Crippen molar-refractivity contribution in [3.8, 4) is 11.1 Å². The number of nitrogens with zero attached hydrogens (tertiary/aromatic N) is 7. The number of carbonyl (C=O) groups excluding carboxylic acids is 1. The van der Waals surface area contributed by atoms with E-state index in [1.54, 1.807) is 4.90 Å². The van der Waals surface area contributed by atoms with Gasteiger partial charge in [-0.15, -0.1) is 5.10 Å². The SMILES string of the molecule is CCC(CC)c1cnnc(Nc2ccc3ncc(-c4cnn(CCOC5CN(C(=O)OC(C)(C)C)C5)c4)cc3n2)c1. The molecule has 11 heteroatoms. The molecule has 41 heavy (non-hydrogen) atoms. The molecular formula is C30H38N8O3. The molecule has 1 amide bonds. The number of hydrogen-bond acceptors (Lipinski definition) is 9. The van der Waals surface area contributed by atoms with E-state index in [4.69, 9.17) is 14.5 Å². The smallest absolute Gasteiger partial charge is 0.410 e. The molecule has 11 nitrogen and oxygen atoms in total. The Bertz CT molecular complexity index is 1490. The number of carbonyl (C=O) groups is 1. The number of nitrogens with one attached hydrogen (secondary N) is 1. The number of hydrogen-bond donors (Lipinski definition) is 1. The molecule has 4 aromatic heterocycles. The molecule has 0 saturated carbocycles. The Morgan fingerprint density at radius 1 is 1.05 bits per heavy atom. The van der Waals surface area contributed by atoms with Crippen molar-refractivity contribution in [3.63, 3.8) is 0 Å². The lowest BCUT2D eigenvalue weighted by Crippen LogP contribution is -2.56. The monoisotopic (exact) mass is 558 g/mol. The number of likely N-dealkylation sites (tertiary alicyclic amines) is 1. The quantitative estimate of drug-likeness (QED) is 0.266. The molecule has 0 aliphatic carbocycles. The second kappa shape index (κ2) is 12.2. The van der Waals surface area contributed by atoms with Gasteiger partial charge in [0.2, 0.25) is 0 Å². The molecule has 0 atom stereocenters. The highest BCUT2D eigenvalue weighted by atomic mass is 16.6. The maximum absolute atomic E-state index is 12.1. The Balaban J connectivity index is 1.17. The second-order valence-corrected chi connectivity index (χ2v) is 11.3. The Morgan fingerprint density at radius 2 is 1.85 bits per heavy atom. The van der Waals surface area contributed by atoms with E-state index in [-0.39, 0.29) is 12.2 Å². The van der Waals surface area contributed by atoms with Crippen molar-refractivity contribution in [3.05, 3.63) is 54.6 Å². The average molecular weight is 559 g/mol. The molecule has 1 aliphatic rings. The summed E-state index contributed by atoms with van der Waals surface area (Å²) in [4.78, 5) is 23.1. The van der Waals surface area contributed by atoms with Crippen molar-refractivity contribution in [1.82, 2.24) is 34.8 Å². The van der Waals surface area contributed by atoms with Crippen LogP contribution in [0.5, 0.6) is 0 Å². The summed E-state index contributed by atoms with van der Waals surface area (Å²) in [5.41, 5.74) is 4.13. The maximum Gasteiger partial charge on any atom is 0.410 e. The van der Waals surface area contributed by atoms with Crippen LogP contribution in [-0.4, -0.2) is 72.3 Å². The van der Waals surface area contributed by atoms with Crippen molar-refractivity contribution in [1.29, 1.82) is 0 Å². The van der Waals surface area contributed by atoms with Gasteiger partial charge in [0.15, 0.2) is 5.82 Å². The van der Waals surface area contributed by atoms with Crippen molar-refractivity contribution in [2.24, 2.45) is 0 Å². The van der Waals surface area contributed by atoms with E-state index in [0.717, 1.165) is 35.0 Å². The van der Waals surface area contributed by atoms with Gasteiger partial charge < -0.3 is 19.7 Å². The van der Waals surface area contributed by atoms with E-state index in [0.29, 0.717) is 43.8 Å². The predicted molar refractivity (Wildman–Crippen MR) is 157 cm³/mol. The minimum Gasteiger partial charge on any atom is -0.444 e. The van der Waals surface area contributed by atoms with E-state index in [1.165, 1.54) is 5.56 Å². The van der Waals surface area contributed by atoms with Gasteiger partial charge in [0.1, 0.15) is 11.4 Å². The number of pyridine rings is 2. The second-order valence-electron chi connectivity index (χ2n) is 11.3. The highest BCUT2D eigenvalue weighted by molar-refractivity contribution is 5.81. The summed E-state index contributed by atoms with van der Waals surface area (Å²) in [6.07, 6.45) is 9.30. The molecule has 0 aromatic carbocycles. The fourth-order valence-corrected chi connectivity index (χ4v) is 4.76. The summed E-state index contributed by atoms with van der Waals surface area (Å²) in [5.74, 6) is 1.82. The molecule has 5 heterocycles. The number of ether oxygens (including phenoxy) is 2. The highest BCUT2D eigenvalue weighted by Crippen LogP contribution is 2.26. The predicted octanol–water partition coefficient (Wildman–Crippen LogP) is 5.57. The topological polar surface area (TPSA) is 120 Å². The van der Waals surface area contributed by atoms with Crippen molar-refractivity contribution in [2.75, 3.05) is 25.0 Å². The summed E-state index contributed by atoms with van der Waals surface area (Å²) < 4.78 is 13.1. The lowest BCUT2D eigenvalue weighted by atomic mass is 9.96. The fraction of sp³-hybridized carbons (Fsp3) is 0.467. The molecule has 1 saturated heterocycles. The lowest BCUT2D eigenvalue weighted by Gasteiger charge is -2.39. The first-order valence-corrected chi connectivity index (χ1v) is 14.2.